The summed E-state index contributed by atoms with van der Waals surface area (Å²) in [4.78, 5) is 25.6. The van der Waals surface area contributed by atoms with Crippen LogP contribution in [0.15, 0.2) is 12.2 Å². The van der Waals surface area contributed by atoms with Crippen molar-refractivity contribution in [2.45, 2.75) is 348 Å². The van der Waals surface area contributed by atoms with Crippen molar-refractivity contribution in [1.82, 2.24) is 10.6 Å². The van der Waals surface area contributed by atoms with Gasteiger partial charge in [-0.3, -0.25) is 9.59 Å². The normalized spacial score (nSPS) is 33.3. The number of aliphatic hydroxyl groups is 13. The number of hydrogen-bond acceptors (Lipinski definition) is 23. The van der Waals surface area contributed by atoms with Gasteiger partial charge in [0.1, 0.15) is 97.6 Å². The van der Waals surface area contributed by atoms with E-state index in [1.807, 2.05) is 6.08 Å². The van der Waals surface area contributed by atoms with Crippen molar-refractivity contribution in [1.29, 1.82) is 0 Å². The third kappa shape index (κ3) is 27.6. The number of ether oxygens (including phenoxy) is 8. The van der Waals surface area contributed by atoms with Gasteiger partial charge in [0.25, 0.3) is 0 Å². The summed E-state index contributed by atoms with van der Waals surface area (Å²) in [6.45, 7) is 1.83. The highest BCUT2D eigenvalue weighted by atomic mass is 16.8. The summed E-state index contributed by atoms with van der Waals surface area (Å²) in [5, 5.41) is 147. The Morgan fingerprint density at radius 3 is 1.38 bits per heavy atom. The van der Waals surface area contributed by atoms with Gasteiger partial charge in [0.05, 0.1) is 45.2 Å². The van der Waals surface area contributed by atoms with Crippen LogP contribution < -0.4 is 10.6 Å². The molecule has 4 fully saturated rings. The number of allylic oxidation sites excluding steroid dienone is 1. The zero-order chi connectivity index (χ0) is 65.1. The van der Waals surface area contributed by atoms with Crippen molar-refractivity contribution in [3.05, 3.63) is 12.2 Å². The first-order valence-electron chi connectivity index (χ1n) is 33.9. The lowest BCUT2D eigenvalue weighted by molar-refractivity contribution is -0.383. The van der Waals surface area contributed by atoms with E-state index in [1.54, 1.807) is 6.08 Å². The lowest BCUT2D eigenvalue weighted by Gasteiger charge is -2.48. The molecule has 25 nitrogen and oxygen atoms in total. The third-order valence-corrected chi connectivity index (χ3v) is 17.6. The van der Waals surface area contributed by atoms with Gasteiger partial charge in [-0.1, -0.05) is 193 Å². The molecule has 522 valence electrons. The maximum atomic E-state index is 13.5. The van der Waals surface area contributed by atoms with Crippen molar-refractivity contribution in [3.8, 4) is 0 Å². The van der Waals surface area contributed by atoms with E-state index in [1.165, 1.54) is 128 Å². The second-order valence-electron chi connectivity index (χ2n) is 25.1. The highest BCUT2D eigenvalue weighted by Crippen LogP contribution is 2.34. The summed E-state index contributed by atoms with van der Waals surface area (Å²) < 4.78 is 46.8. The van der Waals surface area contributed by atoms with Crippen LogP contribution in [-0.2, 0) is 47.5 Å². The molecule has 0 saturated carbocycles. The molecule has 0 aromatic heterocycles. The van der Waals surface area contributed by atoms with Gasteiger partial charge in [0, 0.05) is 13.3 Å². The summed E-state index contributed by atoms with van der Waals surface area (Å²) in [7, 11) is 0. The fourth-order valence-corrected chi connectivity index (χ4v) is 12.0. The van der Waals surface area contributed by atoms with Gasteiger partial charge >= 0.3 is 0 Å². The lowest BCUT2D eigenvalue weighted by Crippen LogP contribution is -2.67. The highest BCUT2D eigenvalue weighted by molar-refractivity contribution is 5.76. The van der Waals surface area contributed by atoms with E-state index in [2.05, 4.69) is 24.5 Å². The summed E-state index contributed by atoms with van der Waals surface area (Å²) in [6, 6.07) is -2.49. The minimum atomic E-state index is -2.13. The van der Waals surface area contributed by atoms with Crippen LogP contribution in [0.1, 0.15) is 213 Å². The molecular formula is C64H118N2O23. The number of nitrogens with one attached hydrogen (secondary N) is 2. The number of amides is 2. The molecular weight excluding hydrogens is 1160 g/mol. The zero-order valence-corrected chi connectivity index (χ0v) is 53.5. The average Bonchev–Trinajstić information content (AvgIpc) is 1.46. The van der Waals surface area contributed by atoms with Crippen LogP contribution in [0.25, 0.3) is 0 Å². The van der Waals surface area contributed by atoms with Gasteiger partial charge < -0.3 is 115 Å². The van der Waals surface area contributed by atoms with Gasteiger partial charge in [0.2, 0.25) is 11.8 Å². The van der Waals surface area contributed by atoms with E-state index in [0.29, 0.717) is 12.8 Å². The minimum absolute atomic E-state index is 0.202. The van der Waals surface area contributed by atoms with Crippen molar-refractivity contribution in [2.75, 3.05) is 33.0 Å². The topological polar surface area (TPSA) is 395 Å². The molecule has 0 aromatic carbocycles. The molecule has 0 aliphatic carbocycles. The predicted octanol–water partition coefficient (Wildman–Crippen LogP) is 2.56. The van der Waals surface area contributed by atoms with Gasteiger partial charge in [0.15, 0.2) is 25.2 Å². The molecule has 4 aliphatic heterocycles. The molecule has 0 bridgehead atoms. The fourth-order valence-electron chi connectivity index (χ4n) is 12.0. The Morgan fingerprint density at radius 1 is 0.449 bits per heavy atom. The number of hydrogen-bond donors (Lipinski definition) is 15. The van der Waals surface area contributed by atoms with E-state index < -0.39 is 174 Å². The lowest BCUT2D eigenvalue weighted by atomic mass is 9.95. The summed E-state index contributed by atoms with van der Waals surface area (Å²) in [5.74, 6) is -0.990. The molecule has 25 heteroatoms. The molecule has 0 spiro atoms. The van der Waals surface area contributed by atoms with Crippen LogP contribution in [0.2, 0.25) is 0 Å². The molecule has 22 atom stereocenters. The van der Waals surface area contributed by atoms with E-state index in [-0.39, 0.29) is 12.3 Å². The van der Waals surface area contributed by atoms with Crippen molar-refractivity contribution in [2.24, 2.45) is 0 Å². The first-order valence-corrected chi connectivity index (χ1v) is 33.9. The second-order valence-corrected chi connectivity index (χ2v) is 25.1. The van der Waals surface area contributed by atoms with Crippen LogP contribution in [-0.4, -0.2) is 246 Å². The van der Waals surface area contributed by atoms with Crippen LogP contribution in [0.3, 0.4) is 0 Å². The summed E-state index contributed by atoms with van der Waals surface area (Å²) in [6.07, 6.45) is 2.22. The molecule has 8 unspecified atom stereocenters. The highest BCUT2D eigenvalue weighted by Gasteiger charge is 2.55. The predicted molar refractivity (Wildman–Crippen MR) is 326 cm³/mol. The van der Waals surface area contributed by atoms with Crippen LogP contribution >= 0.6 is 0 Å². The molecule has 15 N–H and O–H groups in total. The van der Waals surface area contributed by atoms with Crippen LogP contribution in [0, 0.1) is 0 Å². The van der Waals surface area contributed by atoms with Gasteiger partial charge in [-0.2, -0.15) is 0 Å². The Hall–Kier alpha value is -2.16. The quantitative estimate of drug-likeness (QED) is 0.0307. The fraction of sp³-hybridized carbons (Fsp3) is 0.938. The molecule has 4 saturated heterocycles. The third-order valence-electron chi connectivity index (χ3n) is 17.6. The summed E-state index contributed by atoms with van der Waals surface area (Å²) in [5.41, 5.74) is 0. The van der Waals surface area contributed by atoms with Crippen LogP contribution in [0.5, 0.6) is 0 Å². The Balaban J connectivity index is 1.40. The largest absolute Gasteiger partial charge is 0.394 e. The van der Waals surface area contributed by atoms with E-state index in [9.17, 15) is 76.0 Å². The molecule has 2 amide bonds. The second kappa shape index (κ2) is 45.3. The maximum Gasteiger partial charge on any atom is 0.220 e. The smallest absolute Gasteiger partial charge is 0.220 e. The molecule has 4 aliphatic rings. The number of unbranched alkanes of at least 4 members (excludes halogenated alkanes) is 27. The first-order chi connectivity index (χ1) is 42.9. The number of aliphatic hydroxyl groups excluding tert-OH is 13. The first kappa shape index (κ1) is 79.3. The minimum Gasteiger partial charge on any atom is -0.394 e. The number of rotatable bonds is 47. The number of carbonyl (C=O) groups is 2. The summed E-state index contributed by atoms with van der Waals surface area (Å²) >= 11 is 0. The van der Waals surface area contributed by atoms with Crippen molar-refractivity contribution < 1.29 is 114 Å². The van der Waals surface area contributed by atoms with E-state index in [0.717, 1.165) is 51.9 Å². The van der Waals surface area contributed by atoms with Crippen LogP contribution in [0.4, 0.5) is 0 Å². The maximum absolute atomic E-state index is 13.5. The molecule has 4 heterocycles. The standard InChI is InChI=1S/C64H118N2O23/c1-4-6-8-10-12-14-16-18-19-20-21-23-25-27-29-31-33-35-48(72)66-42(43(71)34-32-30-28-26-24-22-17-15-13-11-9-7-5-2)39-82-62-57(80)55(78)59(46(38-69)86-62)88-64-58(81)60(89-63-56(79)54(77)51(74)45(37-68)85-63)52(75)47(87-64)40-83-61-49(65-41(3)70)53(76)50(73)44(36-67)84-61/h32,34,42-47,49-64,67-69,71,73-81H,4-31,33,35-40H2,1-3H3,(H,65,70)(H,66,72)/b34-32+/t42-,43+,44?,45?,46?,47?,49?,50+,51-,52-,53+,54-,55+,56?,57?,58?,59+,60-,61+,62+,63+,64-/m0/s1. The molecule has 4 rings (SSSR count). The van der Waals surface area contributed by atoms with Gasteiger partial charge in [-0.05, 0) is 19.3 Å². The zero-order valence-electron chi connectivity index (χ0n) is 53.5. The van der Waals surface area contributed by atoms with Gasteiger partial charge in [-0.15, -0.1) is 0 Å². The number of carbonyl (C=O) groups excluding carboxylic acids is 2. The van der Waals surface area contributed by atoms with Crippen molar-refractivity contribution in [3.63, 3.8) is 0 Å². The molecule has 0 aromatic rings. The Labute approximate surface area is 528 Å². The molecule has 89 heavy (non-hydrogen) atoms. The average molecular weight is 1280 g/mol. The SMILES string of the molecule is CCCCCCCCCCCCC/C=C/[C@@H](O)[C@H](CO[C@@H]1OC(CO)[C@@H](O[C@@H]2OC(CO[C@@H]3OC(CO)[C@@H](O)[C@H](O)C3NC(C)=O)[C@H](O)[C@H](O[C@H]3OC(CO)[C@H](O)[C@H](O)C3O)C2O)[C@H](O)C1O)NC(=O)CCCCCCCCCCCCCCCCCCC. The van der Waals surface area contributed by atoms with E-state index in [4.69, 9.17) is 37.9 Å². The van der Waals surface area contributed by atoms with Crippen molar-refractivity contribution >= 4 is 11.8 Å². The van der Waals surface area contributed by atoms with E-state index >= 15 is 0 Å². The van der Waals surface area contributed by atoms with Gasteiger partial charge in [-0.25, -0.2) is 0 Å². The Kier molecular flexibility index (Phi) is 40.3. The molecule has 0 radical (unpaired) electrons. The monoisotopic (exact) mass is 1280 g/mol. The Bertz CT molecular complexity index is 1860. The Morgan fingerprint density at radius 2 is 0.876 bits per heavy atom.